The summed E-state index contributed by atoms with van der Waals surface area (Å²) in [6.45, 7) is 5.77. The van der Waals surface area contributed by atoms with Crippen molar-refractivity contribution in [2.75, 3.05) is 13.1 Å². The van der Waals surface area contributed by atoms with Crippen LogP contribution >= 0.6 is 0 Å². The first-order valence-electron chi connectivity index (χ1n) is 7.56. The molecule has 0 saturated heterocycles. The van der Waals surface area contributed by atoms with Crippen LogP contribution < -0.4 is 0 Å². The Bertz CT molecular complexity index is 575. The normalized spacial score (nSPS) is 10.4. The highest BCUT2D eigenvalue weighted by Gasteiger charge is 2.15. The maximum Gasteiger partial charge on any atom is 0.255 e. The first-order chi connectivity index (χ1) is 10.3. The van der Waals surface area contributed by atoms with E-state index in [9.17, 15) is 4.79 Å². The first kappa shape index (κ1) is 15.2. The number of benzene rings is 1. The summed E-state index contributed by atoms with van der Waals surface area (Å²) in [6, 6.07) is 12.0. The van der Waals surface area contributed by atoms with Crippen molar-refractivity contribution in [2.45, 2.75) is 26.7 Å². The van der Waals surface area contributed by atoms with Crippen molar-refractivity contribution in [1.82, 2.24) is 9.88 Å². The molecule has 0 aliphatic heterocycles. The Hall–Kier alpha value is -2.16. The molecule has 3 nitrogen and oxygen atoms in total. The standard InChI is InChI=1S/C18H22N2O/c1-3-10-20(11-4-2)18(21)17-12-16(13-19-14-17)15-8-6-5-7-9-15/h5-9,12-14H,3-4,10-11H2,1-2H3. The van der Waals surface area contributed by atoms with E-state index in [-0.39, 0.29) is 5.91 Å². The third-order valence-electron chi connectivity index (χ3n) is 3.37. The fraction of sp³-hybridized carbons (Fsp3) is 0.333. The lowest BCUT2D eigenvalue weighted by Crippen LogP contribution is -2.32. The number of pyridine rings is 1. The van der Waals surface area contributed by atoms with Crippen LogP contribution in [-0.2, 0) is 0 Å². The lowest BCUT2D eigenvalue weighted by molar-refractivity contribution is 0.0755. The molecule has 1 amide bonds. The minimum Gasteiger partial charge on any atom is -0.339 e. The van der Waals surface area contributed by atoms with Crippen molar-refractivity contribution in [1.29, 1.82) is 0 Å². The fourth-order valence-corrected chi connectivity index (χ4v) is 2.38. The van der Waals surface area contributed by atoms with Crippen LogP contribution in [0.5, 0.6) is 0 Å². The van der Waals surface area contributed by atoms with Crippen LogP contribution in [-0.4, -0.2) is 28.9 Å². The molecule has 0 atom stereocenters. The Morgan fingerprint density at radius 3 is 2.29 bits per heavy atom. The summed E-state index contributed by atoms with van der Waals surface area (Å²) in [7, 11) is 0. The number of hydrogen-bond donors (Lipinski definition) is 0. The Balaban J connectivity index is 2.26. The first-order valence-corrected chi connectivity index (χ1v) is 7.56. The van der Waals surface area contributed by atoms with Gasteiger partial charge in [-0.05, 0) is 24.5 Å². The van der Waals surface area contributed by atoms with Crippen molar-refractivity contribution < 1.29 is 4.79 Å². The summed E-state index contributed by atoms with van der Waals surface area (Å²) in [4.78, 5) is 18.7. The predicted molar refractivity (Wildman–Crippen MR) is 86.2 cm³/mol. The van der Waals surface area contributed by atoms with Crippen LogP contribution in [0.3, 0.4) is 0 Å². The van der Waals surface area contributed by atoms with Crippen molar-refractivity contribution >= 4 is 5.91 Å². The molecule has 0 aliphatic rings. The molecular weight excluding hydrogens is 260 g/mol. The van der Waals surface area contributed by atoms with E-state index in [2.05, 4.69) is 18.8 Å². The number of carbonyl (C=O) groups is 1. The Morgan fingerprint density at radius 2 is 1.67 bits per heavy atom. The molecule has 21 heavy (non-hydrogen) atoms. The molecule has 0 radical (unpaired) electrons. The highest BCUT2D eigenvalue weighted by atomic mass is 16.2. The van der Waals surface area contributed by atoms with E-state index in [1.165, 1.54) is 0 Å². The average Bonchev–Trinajstić information content (AvgIpc) is 2.55. The van der Waals surface area contributed by atoms with E-state index >= 15 is 0 Å². The molecule has 0 saturated carbocycles. The van der Waals surface area contributed by atoms with Crippen molar-refractivity contribution in [2.24, 2.45) is 0 Å². The van der Waals surface area contributed by atoms with Gasteiger partial charge < -0.3 is 4.90 Å². The molecule has 1 aromatic heterocycles. The van der Waals surface area contributed by atoms with Crippen LogP contribution in [0.25, 0.3) is 11.1 Å². The maximum atomic E-state index is 12.6. The summed E-state index contributed by atoms with van der Waals surface area (Å²) in [5, 5.41) is 0. The minimum atomic E-state index is 0.0731. The van der Waals surface area contributed by atoms with Crippen LogP contribution in [0.1, 0.15) is 37.0 Å². The zero-order chi connectivity index (χ0) is 15.1. The highest BCUT2D eigenvalue weighted by Crippen LogP contribution is 2.19. The highest BCUT2D eigenvalue weighted by molar-refractivity contribution is 5.95. The quantitative estimate of drug-likeness (QED) is 0.802. The van der Waals surface area contributed by atoms with Crippen LogP contribution in [0.2, 0.25) is 0 Å². The molecule has 2 aromatic rings. The van der Waals surface area contributed by atoms with Gasteiger partial charge in [-0.2, -0.15) is 0 Å². The summed E-state index contributed by atoms with van der Waals surface area (Å²) < 4.78 is 0. The second-order valence-corrected chi connectivity index (χ2v) is 5.12. The molecule has 2 rings (SSSR count). The number of rotatable bonds is 6. The third kappa shape index (κ3) is 3.91. The van der Waals surface area contributed by atoms with Gasteiger partial charge in [0.05, 0.1) is 5.56 Å². The summed E-state index contributed by atoms with van der Waals surface area (Å²) in [5.74, 6) is 0.0731. The van der Waals surface area contributed by atoms with Crippen molar-refractivity contribution in [3.8, 4) is 11.1 Å². The molecule has 1 heterocycles. The molecule has 0 aliphatic carbocycles. The summed E-state index contributed by atoms with van der Waals surface area (Å²) in [6.07, 6.45) is 5.40. The molecule has 0 unspecified atom stereocenters. The molecule has 0 N–H and O–H groups in total. The van der Waals surface area contributed by atoms with Gasteiger partial charge in [0, 0.05) is 31.0 Å². The molecule has 110 valence electrons. The zero-order valence-electron chi connectivity index (χ0n) is 12.7. The molecular formula is C18H22N2O. The van der Waals surface area contributed by atoms with Crippen molar-refractivity contribution in [3.05, 3.63) is 54.4 Å². The lowest BCUT2D eigenvalue weighted by Gasteiger charge is -2.21. The topological polar surface area (TPSA) is 33.2 Å². The number of carbonyl (C=O) groups excluding carboxylic acids is 1. The van der Waals surface area contributed by atoms with E-state index in [1.807, 2.05) is 41.3 Å². The number of nitrogens with zero attached hydrogens (tertiary/aromatic N) is 2. The van der Waals surface area contributed by atoms with E-state index in [4.69, 9.17) is 0 Å². The Kier molecular flexibility index (Phi) is 5.50. The Labute approximate surface area is 126 Å². The van der Waals surface area contributed by atoms with E-state index in [0.717, 1.165) is 37.1 Å². The number of aromatic nitrogens is 1. The summed E-state index contributed by atoms with van der Waals surface area (Å²) in [5.41, 5.74) is 2.73. The Morgan fingerprint density at radius 1 is 1.00 bits per heavy atom. The fourth-order valence-electron chi connectivity index (χ4n) is 2.38. The molecule has 0 fully saturated rings. The second-order valence-electron chi connectivity index (χ2n) is 5.12. The van der Waals surface area contributed by atoms with Gasteiger partial charge in [-0.1, -0.05) is 44.2 Å². The SMILES string of the molecule is CCCN(CCC)C(=O)c1cncc(-c2ccccc2)c1. The van der Waals surface area contributed by atoms with Gasteiger partial charge in [0.1, 0.15) is 0 Å². The van der Waals surface area contributed by atoms with Gasteiger partial charge >= 0.3 is 0 Å². The molecule has 0 bridgehead atoms. The van der Waals surface area contributed by atoms with Gasteiger partial charge in [0.25, 0.3) is 5.91 Å². The van der Waals surface area contributed by atoms with Gasteiger partial charge in [-0.15, -0.1) is 0 Å². The van der Waals surface area contributed by atoms with Gasteiger partial charge in [0.15, 0.2) is 0 Å². The average molecular weight is 282 g/mol. The van der Waals surface area contributed by atoms with Gasteiger partial charge in [-0.25, -0.2) is 0 Å². The van der Waals surface area contributed by atoms with Gasteiger partial charge in [-0.3, -0.25) is 9.78 Å². The molecule has 3 heteroatoms. The predicted octanol–water partition coefficient (Wildman–Crippen LogP) is 4.01. The maximum absolute atomic E-state index is 12.6. The largest absolute Gasteiger partial charge is 0.339 e. The second kappa shape index (κ2) is 7.58. The molecule has 0 spiro atoms. The van der Waals surface area contributed by atoms with E-state index in [1.54, 1.807) is 12.4 Å². The van der Waals surface area contributed by atoms with Crippen LogP contribution in [0.4, 0.5) is 0 Å². The monoisotopic (exact) mass is 282 g/mol. The number of amides is 1. The lowest BCUT2D eigenvalue weighted by atomic mass is 10.1. The van der Waals surface area contributed by atoms with Crippen LogP contribution in [0.15, 0.2) is 48.8 Å². The van der Waals surface area contributed by atoms with E-state index < -0.39 is 0 Å². The van der Waals surface area contributed by atoms with Gasteiger partial charge in [0.2, 0.25) is 0 Å². The smallest absolute Gasteiger partial charge is 0.255 e. The minimum absolute atomic E-state index is 0.0731. The zero-order valence-corrected chi connectivity index (χ0v) is 12.7. The summed E-state index contributed by atoms with van der Waals surface area (Å²) >= 11 is 0. The van der Waals surface area contributed by atoms with Crippen LogP contribution in [0, 0.1) is 0 Å². The molecule has 1 aromatic carbocycles. The van der Waals surface area contributed by atoms with E-state index in [0.29, 0.717) is 5.56 Å². The third-order valence-corrected chi connectivity index (χ3v) is 3.37. The number of hydrogen-bond acceptors (Lipinski definition) is 2. The van der Waals surface area contributed by atoms with Crippen molar-refractivity contribution in [3.63, 3.8) is 0 Å².